The molecule has 0 spiro atoms. The van der Waals surface area contributed by atoms with E-state index in [1.165, 1.54) is 6.07 Å². The summed E-state index contributed by atoms with van der Waals surface area (Å²) >= 11 is 1.11. The lowest BCUT2D eigenvalue weighted by Crippen LogP contribution is -2.35. The maximum absolute atomic E-state index is 13.1. The van der Waals surface area contributed by atoms with Crippen LogP contribution in [0.5, 0.6) is 0 Å². The van der Waals surface area contributed by atoms with E-state index in [0.29, 0.717) is 0 Å². The molecule has 0 radical (unpaired) electrons. The zero-order valence-corrected chi connectivity index (χ0v) is 11.1. The lowest BCUT2D eigenvalue weighted by atomic mass is 10.1. The highest BCUT2D eigenvalue weighted by Gasteiger charge is 2.42. The third-order valence-electron chi connectivity index (χ3n) is 2.87. The number of hydrogen-bond donors (Lipinski definition) is 1. The van der Waals surface area contributed by atoms with Gasteiger partial charge < -0.3 is 0 Å². The van der Waals surface area contributed by atoms with Gasteiger partial charge in [0.1, 0.15) is 6.04 Å². The molecule has 1 nitrogen and oxygen atoms in total. The van der Waals surface area contributed by atoms with E-state index in [1.807, 2.05) is 30.3 Å². The number of halogens is 3. The lowest BCUT2D eigenvalue weighted by Gasteiger charge is -2.25. The molecule has 0 bridgehead atoms. The Morgan fingerprint density at radius 1 is 1.05 bits per heavy atom. The highest BCUT2D eigenvalue weighted by Crippen LogP contribution is 2.36. The van der Waals surface area contributed by atoms with Gasteiger partial charge in [-0.05, 0) is 23.9 Å². The second-order valence-electron chi connectivity index (χ2n) is 4.29. The van der Waals surface area contributed by atoms with E-state index in [4.69, 9.17) is 0 Å². The number of nitrogens with one attached hydrogen (secondary N) is 1. The van der Waals surface area contributed by atoms with E-state index in [9.17, 15) is 13.2 Å². The van der Waals surface area contributed by atoms with E-state index in [2.05, 4.69) is 5.32 Å². The van der Waals surface area contributed by atoms with Crippen molar-refractivity contribution in [2.75, 3.05) is 0 Å². The van der Waals surface area contributed by atoms with Crippen LogP contribution in [0.15, 0.2) is 47.8 Å². The molecule has 0 aliphatic rings. The van der Waals surface area contributed by atoms with Crippen LogP contribution in [0.1, 0.15) is 29.4 Å². The summed E-state index contributed by atoms with van der Waals surface area (Å²) in [6.07, 6.45) is -4.30. The molecule has 5 heteroatoms. The molecule has 1 aromatic carbocycles. The summed E-state index contributed by atoms with van der Waals surface area (Å²) in [6, 6.07) is 10.3. The zero-order chi connectivity index (χ0) is 13.9. The van der Waals surface area contributed by atoms with Gasteiger partial charge in [-0.2, -0.15) is 13.2 Å². The van der Waals surface area contributed by atoms with Crippen molar-refractivity contribution in [1.82, 2.24) is 5.32 Å². The van der Waals surface area contributed by atoms with Crippen LogP contribution in [-0.2, 0) is 0 Å². The van der Waals surface area contributed by atoms with Crippen LogP contribution in [0.4, 0.5) is 13.2 Å². The van der Waals surface area contributed by atoms with Gasteiger partial charge in [0.25, 0.3) is 0 Å². The Hall–Kier alpha value is -1.33. The van der Waals surface area contributed by atoms with Crippen molar-refractivity contribution in [3.63, 3.8) is 0 Å². The van der Waals surface area contributed by atoms with Gasteiger partial charge in [-0.3, -0.25) is 5.32 Å². The van der Waals surface area contributed by atoms with Crippen LogP contribution in [0.25, 0.3) is 0 Å². The first kappa shape index (κ1) is 14.1. The molecule has 1 N–H and O–H groups in total. The van der Waals surface area contributed by atoms with Crippen molar-refractivity contribution in [3.05, 3.63) is 58.3 Å². The second kappa shape index (κ2) is 5.75. The Labute approximate surface area is 114 Å². The SMILES string of the molecule is C[C@H](NC(c1cccs1)C(F)(F)F)c1ccccc1. The molecule has 19 heavy (non-hydrogen) atoms. The zero-order valence-electron chi connectivity index (χ0n) is 10.3. The number of benzene rings is 1. The predicted octanol–water partition coefficient (Wildman–Crippen LogP) is 4.70. The van der Waals surface area contributed by atoms with Gasteiger partial charge in [0.2, 0.25) is 0 Å². The fraction of sp³-hybridized carbons (Fsp3) is 0.286. The van der Waals surface area contributed by atoms with Gasteiger partial charge in [-0.1, -0.05) is 36.4 Å². The molecule has 0 saturated carbocycles. The fourth-order valence-electron chi connectivity index (χ4n) is 1.88. The van der Waals surface area contributed by atoms with Crippen LogP contribution in [0.3, 0.4) is 0 Å². The molecule has 0 aliphatic heterocycles. The average molecular weight is 285 g/mol. The van der Waals surface area contributed by atoms with Crippen LogP contribution in [0, 0.1) is 0 Å². The molecule has 1 aromatic heterocycles. The van der Waals surface area contributed by atoms with Crippen molar-refractivity contribution in [3.8, 4) is 0 Å². The van der Waals surface area contributed by atoms with Gasteiger partial charge in [0.15, 0.2) is 0 Å². The number of rotatable bonds is 4. The van der Waals surface area contributed by atoms with E-state index in [-0.39, 0.29) is 10.9 Å². The Balaban J connectivity index is 2.18. The second-order valence-corrected chi connectivity index (χ2v) is 5.27. The van der Waals surface area contributed by atoms with Crippen LogP contribution < -0.4 is 5.32 Å². The van der Waals surface area contributed by atoms with Crippen LogP contribution >= 0.6 is 11.3 Å². The molecule has 0 amide bonds. The summed E-state index contributed by atoms with van der Waals surface area (Å²) in [6.45, 7) is 1.74. The first-order chi connectivity index (χ1) is 8.98. The molecule has 102 valence electrons. The molecular weight excluding hydrogens is 271 g/mol. The molecule has 0 aliphatic carbocycles. The van der Waals surface area contributed by atoms with Crippen molar-refractivity contribution in [2.24, 2.45) is 0 Å². The first-order valence-corrected chi connectivity index (χ1v) is 6.77. The maximum atomic E-state index is 13.1. The van der Waals surface area contributed by atoms with Crippen LogP contribution in [0.2, 0.25) is 0 Å². The minimum atomic E-state index is -4.30. The third-order valence-corrected chi connectivity index (χ3v) is 3.81. The smallest absolute Gasteiger partial charge is 0.295 e. The van der Waals surface area contributed by atoms with Crippen molar-refractivity contribution in [2.45, 2.75) is 25.2 Å². The van der Waals surface area contributed by atoms with E-state index < -0.39 is 12.2 Å². The van der Waals surface area contributed by atoms with Gasteiger partial charge in [-0.25, -0.2) is 0 Å². The minimum Gasteiger partial charge on any atom is -0.295 e. The largest absolute Gasteiger partial charge is 0.408 e. The molecule has 2 atom stereocenters. The van der Waals surface area contributed by atoms with Crippen molar-refractivity contribution >= 4 is 11.3 Å². The summed E-state index contributed by atoms with van der Waals surface area (Å²) < 4.78 is 39.3. The van der Waals surface area contributed by atoms with Gasteiger partial charge in [0, 0.05) is 10.9 Å². The standard InChI is InChI=1S/C14H14F3NS/c1-10(11-6-3-2-4-7-11)18-13(14(15,16)17)12-8-5-9-19-12/h2-10,13,18H,1H3/t10-,13?/m0/s1. The van der Waals surface area contributed by atoms with E-state index in [0.717, 1.165) is 16.9 Å². The molecule has 1 heterocycles. The number of alkyl halides is 3. The normalized spacial score (nSPS) is 15.2. The molecule has 0 fully saturated rings. The Morgan fingerprint density at radius 3 is 2.26 bits per heavy atom. The predicted molar refractivity (Wildman–Crippen MR) is 71.1 cm³/mol. The molecule has 2 aromatic rings. The molecular formula is C14H14F3NS. The summed E-state index contributed by atoms with van der Waals surface area (Å²) in [4.78, 5) is 0.287. The first-order valence-electron chi connectivity index (χ1n) is 5.89. The van der Waals surface area contributed by atoms with Crippen LogP contribution in [-0.4, -0.2) is 6.18 Å². The maximum Gasteiger partial charge on any atom is 0.408 e. The monoisotopic (exact) mass is 285 g/mol. The van der Waals surface area contributed by atoms with Gasteiger partial charge in [0.05, 0.1) is 0 Å². The van der Waals surface area contributed by atoms with E-state index in [1.54, 1.807) is 18.4 Å². The third kappa shape index (κ3) is 3.58. The summed E-state index contributed by atoms with van der Waals surface area (Å²) in [7, 11) is 0. The fourth-order valence-corrected chi connectivity index (χ4v) is 2.69. The quantitative estimate of drug-likeness (QED) is 0.858. The number of thiophene rings is 1. The summed E-state index contributed by atoms with van der Waals surface area (Å²) in [5.41, 5.74) is 0.841. The number of hydrogen-bond acceptors (Lipinski definition) is 2. The highest BCUT2D eigenvalue weighted by atomic mass is 32.1. The Bertz CT molecular complexity index is 493. The lowest BCUT2D eigenvalue weighted by molar-refractivity contribution is -0.158. The van der Waals surface area contributed by atoms with Crippen molar-refractivity contribution in [1.29, 1.82) is 0 Å². The molecule has 1 unspecified atom stereocenters. The Morgan fingerprint density at radius 2 is 1.74 bits per heavy atom. The Kier molecular flexibility index (Phi) is 4.27. The van der Waals surface area contributed by atoms with Gasteiger partial charge >= 0.3 is 6.18 Å². The molecule has 0 saturated heterocycles. The topological polar surface area (TPSA) is 12.0 Å². The highest BCUT2D eigenvalue weighted by molar-refractivity contribution is 7.10. The van der Waals surface area contributed by atoms with Crippen molar-refractivity contribution < 1.29 is 13.2 Å². The minimum absolute atomic E-state index is 0.287. The average Bonchev–Trinajstić information content (AvgIpc) is 2.88. The molecule has 2 rings (SSSR count). The van der Waals surface area contributed by atoms with Gasteiger partial charge in [-0.15, -0.1) is 11.3 Å². The van der Waals surface area contributed by atoms with E-state index >= 15 is 0 Å². The summed E-state index contributed by atoms with van der Waals surface area (Å²) in [5.74, 6) is 0. The summed E-state index contributed by atoms with van der Waals surface area (Å²) in [5, 5.41) is 4.32.